The minimum atomic E-state index is -0.730. The van der Waals surface area contributed by atoms with Crippen molar-refractivity contribution >= 4 is 29.2 Å². The molecule has 0 aliphatic carbocycles. The summed E-state index contributed by atoms with van der Waals surface area (Å²) in [5, 5.41) is 9.68. The molecular weight excluding hydrogens is 311 g/mol. The monoisotopic (exact) mass is 332 g/mol. The third kappa shape index (κ3) is 6.58. The van der Waals surface area contributed by atoms with Gasteiger partial charge in [-0.1, -0.05) is 49.4 Å². The van der Waals surface area contributed by atoms with Gasteiger partial charge in [0.2, 0.25) is 0 Å². The van der Waals surface area contributed by atoms with Crippen LogP contribution in [0.1, 0.15) is 51.0 Å². The number of rotatable bonds is 10. The first-order chi connectivity index (χ1) is 10.1. The van der Waals surface area contributed by atoms with E-state index in [0.29, 0.717) is 16.7 Å². The minimum Gasteiger partial charge on any atom is -0.493 e. The van der Waals surface area contributed by atoms with Crippen LogP contribution in [0.4, 0.5) is 0 Å². The van der Waals surface area contributed by atoms with E-state index in [0.717, 1.165) is 49.8 Å². The lowest BCUT2D eigenvalue weighted by Gasteiger charge is -2.13. The van der Waals surface area contributed by atoms with Crippen LogP contribution < -0.4 is 4.74 Å². The molecule has 0 bridgehead atoms. The Morgan fingerprint density at radius 3 is 2.57 bits per heavy atom. The molecule has 3 nitrogen and oxygen atoms in total. The normalized spacial score (nSPS) is 10.6. The van der Waals surface area contributed by atoms with Gasteiger partial charge in [0.1, 0.15) is 5.75 Å². The lowest BCUT2D eigenvalue weighted by Crippen LogP contribution is -2.01. The van der Waals surface area contributed by atoms with Crippen LogP contribution in [0.15, 0.2) is 12.1 Å². The Morgan fingerprint density at radius 1 is 1.19 bits per heavy atom. The number of unbranched alkanes of at least 4 members (excludes halogenated alkanes) is 3. The Labute approximate surface area is 136 Å². The average Bonchev–Trinajstić information content (AvgIpc) is 2.44. The molecule has 0 unspecified atom stereocenters. The van der Waals surface area contributed by atoms with Crippen molar-refractivity contribution < 1.29 is 14.6 Å². The zero-order valence-corrected chi connectivity index (χ0v) is 13.8. The van der Waals surface area contributed by atoms with Crippen LogP contribution in [0.5, 0.6) is 5.75 Å². The first-order valence-electron chi connectivity index (χ1n) is 7.37. The second kappa shape index (κ2) is 9.91. The number of ether oxygens (including phenoxy) is 1. The number of benzene rings is 1. The molecule has 21 heavy (non-hydrogen) atoms. The largest absolute Gasteiger partial charge is 0.493 e. The van der Waals surface area contributed by atoms with Crippen LogP contribution >= 0.6 is 23.2 Å². The van der Waals surface area contributed by atoms with E-state index in [4.69, 9.17) is 33.0 Å². The smallest absolute Gasteiger partial charge is 0.303 e. The molecule has 0 fully saturated rings. The molecule has 5 heteroatoms. The maximum atomic E-state index is 10.4. The first kappa shape index (κ1) is 18.1. The molecule has 0 saturated heterocycles. The number of carboxylic acids is 1. The molecular formula is C16H22Cl2O3. The summed E-state index contributed by atoms with van der Waals surface area (Å²) in [4.78, 5) is 10.4. The predicted octanol–water partition coefficient (Wildman–Crippen LogP) is 5.36. The van der Waals surface area contributed by atoms with Crippen LogP contribution in [0, 0.1) is 0 Å². The fraction of sp³-hybridized carbons (Fsp3) is 0.562. The molecule has 1 rings (SSSR count). The molecule has 118 valence electrons. The van der Waals surface area contributed by atoms with Crippen molar-refractivity contribution in [3.63, 3.8) is 0 Å². The molecule has 1 aromatic carbocycles. The highest BCUT2D eigenvalue weighted by Crippen LogP contribution is 2.34. The number of halogens is 2. The van der Waals surface area contributed by atoms with E-state index in [2.05, 4.69) is 6.92 Å². The summed E-state index contributed by atoms with van der Waals surface area (Å²) in [7, 11) is 0. The van der Waals surface area contributed by atoms with Crippen molar-refractivity contribution in [2.75, 3.05) is 6.61 Å². The molecule has 0 aliphatic heterocycles. The highest BCUT2D eigenvalue weighted by molar-refractivity contribution is 6.42. The molecule has 0 saturated carbocycles. The Morgan fingerprint density at radius 2 is 1.90 bits per heavy atom. The van der Waals surface area contributed by atoms with E-state index >= 15 is 0 Å². The van der Waals surface area contributed by atoms with Crippen molar-refractivity contribution in [2.24, 2.45) is 0 Å². The van der Waals surface area contributed by atoms with Crippen LogP contribution in [0.2, 0.25) is 10.0 Å². The fourth-order valence-corrected chi connectivity index (χ4v) is 2.53. The maximum Gasteiger partial charge on any atom is 0.303 e. The zero-order chi connectivity index (χ0) is 15.7. The highest BCUT2D eigenvalue weighted by Gasteiger charge is 2.11. The Kier molecular flexibility index (Phi) is 8.55. The topological polar surface area (TPSA) is 46.5 Å². The van der Waals surface area contributed by atoms with Gasteiger partial charge in [0.15, 0.2) is 0 Å². The van der Waals surface area contributed by atoms with E-state index in [1.807, 2.05) is 6.07 Å². The Bertz CT molecular complexity index is 461. The SMILES string of the molecule is CCCc1c(OCCCCCCC(=O)O)ccc(Cl)c1Cl. The Balaban J connectivity index is 2.38. The van der Waals surface area contributed by atoms with Gasteiger partial charge in [-0.25, -0.2) is 0 Å². The van der Waals surface area contributed by atoms with Gasteiger partial charge in [0.05, 0.1) is 16.7 Å². The van der Waals surface area contributed by atoms with Crippen molar-refractivity contribution in [1.82, 2.24) is 0 Å². The van der Waals surface area contributed by atoms with Gasteiger partial charge in [0, 0.05) is 12.0 Å². The molecule has 0 amide bonds. The minimum absolute atomic E-state index is 0.244. The van der Waals surface area contributed by atoms with E-state index in [9.17, 15) is 4.79 Å². The summed E-state index contributed by atoms with van der Waals surface area (Å²) in [6.07, 6.45) is 5.58. The van der Waals surface area contributed by atoms with E-state index in [1.54, 1.807) is 6.07 Å². The molecule has 1 N–H and O–H groups in total. The number of aliphatic carboxylic acids is 1. The molecule has 0 spiro atoms. The van der Waals surface area contributed by atoms with E-state index in [1.165, 1.54) is 0 Å². The summed E-state index contributed by atoms with van der Waals surface area (Å²) in [6, 6.07) is 3.62. The summed E-state index contributed by atoms with van der Waals surface area (Å²) in [5.74, 6) is 0.0723. The van der Waals surface area contributed by atoms with Crippen molar-refractivity contribution in [1.29, 1.82) is 0 Å². The number of carboxylic acid groups (broad SMARTS) is 1. The van der Waals surface area contributed by atoms with Crippen LogP contribution in [-0.4, -0.2) is 17.7 Å². The van der Waals surface area contributed by atoms with Crippen molar-refractivity contribution in [3.8, 4) is 5.75 Å². The molecule has 0 radical (unpaired) electrons. The Hall–Kier alpha value is -0.930. The van der Waals surface area contributed by atoms with Crippen LogP contribution in [-0.2, 0) is 11.2 Å². The predicted molar refractivity (Wildman–Crippen MR) is 86.7 cm³/mol. The summed E-state index contributed by atoms with van der Waals surface area (Å²) >= 11 is 12.3. The zero-order valence-electron chi connectivity index (χ0n) is 12.3. The summed E-state index contributed by atoms with van der Waals surface area (Å²) < 4.78 is 5.79. The molecule has 0 atom stereocenters. The maximum absolute atomic E-state index is 10.4. The van der Waals surface area contributed by atoms with Gasteiger partial charge in [-0.2, -0.15) is 0 Å². The third-order valence-electron chi connectivity index (χ3n) is 3.20. The third-order valence-corrected chi connectivity index (χ3v) is 4.04. The molecule has 0 heterocycles. The van der Waals surface area contributed by atoms with Crippen LogP contribution in [0.3, 0.4) is 0 Å². The standard InChI is InChI=1S/C16H22Cl2O3/c1-2-7-12-14(10-9-13(17)16(12)18)21-11-6-4-3-5-8-15(19)20/h9-10H,2-8,11H2,1H3,(H,19,20). The second-order valence-corrected chi connectivity index (χ2v) is 5.78. The quantitative estimate of drug-likeness (QED) is 0.586. The number of hydrogen-bond donors (Lipinski definition) is 1. The van der Waals surface area contributed by atoms with Gasteiger partial charge in [-0.15, -0.1) is 0 Å². The van der Waals surface area contributed by atoms with E-state index in [-0.39, 0.29) is 6.42 Å². The average molecular weight is 333 g/mol. The first-order valence-corrected chi connectivity index (χ1v) is 8.13. The molecule has 1 aromatic rings. The molecule has 0 aliphatic rings. The second-order valence-electron chi connectivity index (χ2n) is 4.99. The van der Waals surface area contributed by atoms with Crippen LogP contribution in [0.25, 0.3) is 0 Å². The van der Waals surface area contributed by atoms with Gasteiger partial charge in [-0.05, 0) is 31.4 Å². The molecule has 0 aromatic heterocycles. The van der Waals surface area contributed by atoms with Gasteiger partial charge < -0.3 is 9.84 Å². The summed E-state index contributed by atoms with van der Waals surface area (Å²) in [6.45, 7) is 2.70. The summed E-state index contributed by atoms with van der Waals surface area (Å²) in [5.41, 5.74) is 0.970. The van der Waals surface area contributed by atoms with Crippen molar-refractivity contribution in [2.45, 2.75) is 51.9 Å². The lowest BCUT2D eigenvalue weighted by molar-refractivity contribution is -0.137. The fourth-order valence-electron chi connectivity index (χ4n) is 2.11. The van der Waals surface area contributed by atoms with E-state index < -0.39 is 5.97 Å². The number of hydrogen-bond acceptors (Lipinski definition) is 2. The van der Waals surface area contributed by atoms with Gasteiger partial charge in [0.25, 0.3) is 0 Å². The van der Waals surface area contributed by atoms with Gasteiger partial charge in [-0.3, -0.25) is 4.79 Å². The lowest BCUT2D eigenvalue weighted by atomic mass is 10.1. The number of carbonyl (C=O) groups is 1. The van der Waals surface area contributed by atoms with Gasteiger partial charge >= 0.3 is 5.97 Å². The van der Waals surface area contributed by atoms with Crippen molar-refractivity contribution in [3.05, 3.63) is 27.7 Å². The highest BCUT2D eigenvalue weighted by atomic mass is 35.5.